The van der Waals surface area contributed by atoms with Gasteiger partial charge in [0.05, 0.1) is 25.4 Å². The summed E-state index contributed by atoms with van der Waals surface area (Å²) >= 11 is 0. The minimum Gasteiger partial charge on any atom is -0.394 e. The van der Waals surface area contributed by atoms with Crippen LogP contribution in [0.2, 0.25) is 0 Å². The van der Waals surface area contributed by atoms with Crippen LogP contribution in [0, 0.1) is 0 Å². The number of hydrogen-bond acceptors (Lipinski definition) is 13. The lowest BCUT2D eigenvalue weighted by atomic mass is 9.96. The third-order valence-electron chi connectivity index (χ3n) is 7.34. The van der Waals surface area contributed by atoms with Crippen molar-refractivity contribution < 1.29 is 63.1 Å². The maximum Gasteiger partial charge on any atom is 0.217 e. The number of methoxy groups -OCH3 is 1. The molecule has 14 heteroatoms. The zero-order valence-electron chi connectivity index (χ0n) is 22.0. The molecule has 4 fully saturated rings. The average molecular weight is 552 g/mol. The molecular formula is C24H41NO13. The molecule has 4 rings (SSSR count). The van der Waals surface area contributed by atoms with Crippen LogP contribution in [0.15, 0.2) is 0 Å². The van der Waals surface area contributed by atoms with Crippen molar-refractivity contribution in [1.82, 2.24) is 5.32 Å². The summed E-state index contributed by atoms with van der Waals surface area (Å²) in [6.45, 7) is 3.32. The SMILES string of the molecule is COC1OC(CO)C2OCC3(O[C@@H]4O[C@@H](C)[C@@H](O)[C@@H](O)[C@@H]4O)CCC(COCCCOC2C1NC(C)=O)O3. The Labute approximate surface area is 221 Å². The number of amides is 1. The molecule has 2 bridgehead atoms. The van der Waals surface area contributed by atoms with Crippen LogP contribution in [-0.2, 0) is 42.7 Å². The number of nitrogens with one attached hydrogen (secondary N) is 1. The van der Waals surface area contributed by atoms with Gasteiger partial charge in [-0.2, -0.15) is 0 Å². The number of fused-ring (bicyclic) bond motifs is 3. The lowest BCUT2D eigenvalue weighted by molar-refractivity contribution is -0.376. The Hall–Kier alpha value is -1.01. The van der Waals surface area contributed by atoms with Crippen LogP contribution >= 0.6 is 0 Å². The predicted molar refractivity (Wildman–Crippen MR) is 126 cm³/mol. The Morgan fingerprint density at radius 1 is 1.05 bits per heavy atom. The quantitative estimate of drug-likeness (QED) is 0.247. The number of carbonyl (C=O) groups is 1. The van der Waals surface area contributed by atoms with Gasteiger partial charge < -0.3 is 63.6 Å². The molecule has 0 spiro atoms. The summed E-state index contributed by atoms with van der Waals surface area (Å²) in [5.74, 6) is -1.74. The normalized spacial score (nSPS) is 46.8. The maximum absolute atomic E-state index is 12.0. The van der Waals surface area contributed by atoms with Crippen LogP contribution in [0.3, 0.4) is 0 Å². The highest BCUT2D eigenvalue weighted by Gasteiger charge is 2.53. The topological polar surface area (TPSA) is 184 Å². The number of hydrogen-bond donors (Lipinski definition) is 5. The Balaban J connectivity index is 1.59. The fraction of sp³-hybridized carbons (Fsp3) is 0.958. The summed E-state index contributed by atoms with van der Waals surface area (Å²) in [5, 5.41) is 43.8. The van der Waals surface area contributed by atoms with Gasteiger partial charge in [0.1, 0.15) is 49.3 Å². The zero-order valence-corrected chi connectivity index (χ0v) is 22.0. The van der Waals surface area contributed by atoms with Crippen molar-refractivity contribution in [3.05, 3.63) is 0 Å². The molecule has 0 aliphatic carbocycles. The van der Waals surface area contributed by atoms with Crippen LogP contribution in [0.5, 0.6) is 0 Å². The van der Waals surface area contributed by atoms with Crippen molar-refractivity contribution in [3.63, 3.8) is 0 Å². The maximum atomic E-state index is 12.0. The molecule has 5 N–H and O–H groups in total. The second-order valence-electron chi connectivity index (χ2n) is 10.2. The second kappa shape index (κ2) is 13.1. The van der Waals surface area contributed by atoms with Crippen molar-refractivity contribution in [2.75, 3.05) is 40.1 Å². The third-order valence-corrected chi connectivity index (χ3v) is 7.34. The summed E-state index contributed by atoms with van der Waals surface area (Å²) in [5.41, 5.74) is 0. The summed E-state index contributed by atoms with van der Waals surface area (Å²) in [7, 11) is 1.43. The molecule has 4 aliphatic heterocycles. The minimum atomic E-state index is -1.54. The van der Waals surface area contributed by atoms with E-state index in [0.717, 1.165) is 0 Å². The molecular weight excluding hydrogens is 510 g/mol. The Morgan fingerprint density at radius 2 is 1.84 bits per heavy atom. The number of rotatable bonds is 5. The van der Waals surface area contributed by atoms with Gasteiger partial charge >= 0.3 is 0 Å². The summed E-state index contributed by atoms with van der Waals surface area (Å²) in [6, 6.07) is -0.744. The standard InChI is InChI=1S/C24H41NO13/c1-12-17(28)18(29)19(30)23(35-12)38-24-6-5-14(37-24)10-32-7-4-8-33-21-16(25-13(2)27)22(31-3)36-15(9-26)20(21)34-11-24/h12,14-23,26,28-30H,4-11H2,1-3H3,(H,25,27)/t12-,14?,15?,16?,17+,18+,19-,20?,21?,22?,23-,24?/m0/s1. The number of aliphatic hydroxyl groups is 4. The van der Waals surface area contributed by atoms with Crippen molar-refractivity contribution in [2.45, 2.75) is 106 Å². The monoisotopic (exact) mass is 551 g/mol. The molecule has 0 saturated carbocycles. The van der Waals surface area contributed by atoms with Crippen molar-refractivity contribution >= 4 is 5.91 Å². The lowest BCUT2D eigenvalue weighted by Gasteiger charge is -2.47. The van der Waals surface area contributed by atoms with Crippen molar-refractivity contribution in [1.29, 1.82) is 0 Å². The first-order valence-corrected chi connectivity index (χ1v) is 13.1. The summed E-state index contributed by atoms with van der Waals surface area (Å²) in [4.78, 5) is 12.0. The Kier molecular flexibility index (Phi) is 10.3. The van der Waals surface area contributed by atoms with Gasteiger partial charge in [0.15, 0.2) is 18.4 Å². The van der Waals surface area contributed by atoms with Crippen LogP contribution < -0.4 is 5.32 Å². The highest BCUT2D eigenvalue weighted by molar-refractivity contribution is 5.73. The van der Waals surface area contributed by atoms with E-state index in [1.807, 2.05) is 0 Å². The molecule has 4 aliphatic rings. The number of ether oxygens (including phenoxy) is 8. The summed E-state index contributed by atoms with van der Waals surface area (Å²) < 4.78 is 47.6. The van der Waals surface area contributed by atoms with Crippen LogP contribution in [0.4, 0.5) is 0 Å². The second-order valence-corrected chi connectivity index (χ2v) is 10.2. The average Bonchev–Trinajstić information content (AvgIpc) is 3.30. The van der Waals surface area contributed by atoms with Gasteiger partial charge in [-0.15, -0.1) is 0 Å². The van der Waals surface area contributed by atoms with Gasteiger partial charge in [0, 0.05) is 33.7 Å². The first-order chi connectivity index (χ1) is 18.2. The van der Waals surface area contributed by atoms with E-state index < -0.39 is 73.7 Å². The molecule has 0 aromatic carbocycles. The van der Waals surface area contributed by atoms with E-state index in [9.17, 15) is 25.2 Å². The van der Waals surface area contributed by atoms with E-state index in [2.05, 4.69) is 5.32 Å². The van der Waals surface area contributed by atoms with Gasteiger partial charge in [-0.25, -0.2) is 0 Å². The van der Waals surface area contributed by atoms with E-state index in [4.69, 9.17) is 37.9 Å². The molecule has 7 unspecified atom stereocenters. The highest BCUT2D eigenvalue weighted by Crippen LogP contribution is 2.38. The first-order valence-electron chi connectivity index (χ1n) is 13.1. The van der Waals surface area contributed by atoms with Gasteiger partial charge in [0.2, 0.25) is 5.91 Å². The molecule has 14 nitrogen and oxygen atoms in total. The number of carbonyl (C=O) groups excluding carboxylic acids is 1. The molecule has 38 heavy (non-hydrogen) atoms. The number of aliphatic hydroxyl groups excluding tert-OH is 4. The fourth-order valence-electron chi connectivity index (χ4n) is 5.33. The van der Waals surface area contributed by atoms with E-state index in [1.165, 1.54) is 14.0 Å². The third kappa shape index (κ3) is 6.65. The molecule has 4 heterocycles. The Bertz CT molecular complexity index is 776. The van der Waals surface area contributed by atoms with Gasteiger partial charge in [-0.1, -0.05) is 0 Å². The van der Waals surface area contributed by atoms with Gasteiger partial charge in [-0.05, 0) is 19.8 Å². The van der Waals surface area contributed by atoms with E-state index >= 15 is 0 Å². The fourth-order valence-corrected chi connectivity index (χ4v) is 5.33. The van der Waals surface area contributed by atoms with E-state index in [0.29, 0.717) is 39.1 Å². The smallest absolute Gasteiger partial charge is 0.217 e. The predicted octanol–water partition coefficient (Wildman–Crippen LogP) is -2.24. The summed E-state index contributed by atoms with van der Waals surface area (Å²) in [6.07, 6.45) is -8.66. The van der Waals surface area contributed by atoms with E-state index in [-0.39, 0.29) is 18.6 Å². The van der Waals surface area contributed by atoms with Gasteiger partial charge in [-0.3, -0.25) is 4.79 Å². The van der Waals surface area contributed by atoms with E-state index in [1.54, 1.807) is 6.92 Å². The molecule has 4 saturated heterocycles. The minimum absolute atomic E-state index is 0.183. The molecule has 1 amide bonds. The largest absolute Gasteiger partial charge is 0.394 e. The molecule has 0 radical (unpaired) electrons. The van der Waals surface area contributed by atoms with Gasteiger partial charge in [0.25, 0.3) is 0 Å². The van der Waals surface area contributed by atoms with Crippen LogP contribution in [0.25, 0.3) is 0 Å². The lowest BCUT2D eigenvalue weighted by Crippen LogP contribution is -2.66. The van der Waals surface area contributed by atoms with Crippen molar-refractivity contribution in [3.8, 4) is 0 Å². The first kappa shape index (κ1) is 30.0. The molecule has 0 aromatic rings. The molecule has 0 aromatic heterocycles. The Morgan fingerprint density at radius 3 is 2.55 bits per heavy atom. The highest BCUT2D eigenvalue weighted by atomic mass is 16.8. The van der Waals surface area contributed by atoms with Crippen LogP contribution in [0.1, 0.15) is 33.1 Å². The van der Waals surface area contributed by atoms with Crippen LogP contribution in [-0.4, -0.2) is 140 Å². The van der Waals surface area contributed by atoms with Crippen molar-refractivity contribution in [2.24, 2.45) is 0 Å². The molecule has 220 valence electrons. The zero-order chi connectivity index (χ0) is 27.4. The molecule has 12 atom stereocenters.